The number of hydrogen-bond acceptors (Lipinski definition) is 2. The van der Waals surface area contributed by atoms with E-state index in [1.54, 1.807) is 7.11 Å². The molecule has 1 unspecified atom stereocenters. The predicted molar refractivity (Wildman–Crippen MR) is 77.5 cm³/mol. The lowest BCUT2D eigenvalue weighted by Crippen LogP contribution is -2.12. The molecule has 0 N–H and O–H groups in total. The first-order valence-electron chi connectivity index (χ1n) is 6.96. The molecule has 0 amide bonds. The van der Waals surface area contributed by atoms with Crippen molar-refractivity contribution in [2.24, 2.45) is 5.92 Å². The van der Waals surface area contributed by atoms with Crippen LogP contribution in [0.15, 0.2) is 29.8 Å². The van der Waals surface area contributed by atoms with Gasteiger partial charge < -0.3 is 4.74 Å². The summed E-state index contributed by atoms with van der Waals surface area (Å²) in [6, 6.07) is 5.99. The highest BCUT2D eigenvalue weighted by molar-refractivity contribution is 5.97. The number of aryl methyl sites for hydroxylation is 1. The zero-order valence-corrected chi connectivity index (χ0v) is 12.0. The molecule has 19 heavy (non-hydrogen) atoms. The monoisotopic (exact) mass is 258 g/mol. The summed E-state index contributed by atoms with van der Waals surface area (Å²) in [6.45, 7) is 4.27. The molecule has 2 heteroatoms. The second-order valence-corrected chi connectivity index (χ2v) is 5.52. The van der Waals surface area contributed by atoms with Crippen molar-refractivity contribution in [1.82, 2.24) is 0 Å². The van der Waals surface area contributed by atoms with Gasteiger partial charge in [-0.25, -0.2) is 0 Å². The first-order valence-corrected chi connectivity index (χ1v) is 6.96. The van der Waals surface area contributed by atoms with Gasteiger partial charge in [-0.3, -0.25) is 4.79 Å². The molecule has 1 atom stereocenters. The summed E-state index contributed by atoms with van der Waals surface area (Å²) in [5.74, 6) is 1.77. The molecule has 102 valence electrons. The van der Waals surface area contributed by atoms with Crippen molar-refractivity contribution in [1.29, 1.82) is 0 Å². The molecule has 0 aromatic heterocycles. The van der Waals surface area contributed by atoms with Crippen molar-refractivity contribution in [2.75, 3.05) is 7.11 Å². The van der Waals surface area contributed by atoms with Crippen LogP contribution in [0.4, 0.5) is 0 Å². The molecule has 1 aromatic carbocycles. The van der Waals surface area contributed by atoms with Gasteiger partial charge in [0.2, 0.25) is 0 Å². The van der Waals surface area contributed by atoms with Gasteiger partial charge in [0, 0.05) is 12.0 Å². The summed E-state index contributed by atoms with van der Waals surface area (Å²) in [5.41, 5.74) is 3.16. The topological polar surface area (TPSA) is 26.3 Å². The Kier molecular flexibility index (Phi) is 4.41. The van der Waals surface area contributed by atoms with Crippen LogP contribution in [-0.4, -0.2) is 12.9 Å². The van der Waals surface area contributed by atoms with Crippen LogP contribution < -0.4 is 4.74 Å². The summed E-state index contributed by atoms with van der Waals surface area (Å²) in [7, 11) is 1.65. The maximum absolute atomic E-state index is 12.3. The van der Waals surface area contributed by atoms with Crippen LogP contribution >= 0.6 is 0 Å². The lowest BCUT2D eigenvalue weighted by Gasteiger charge is -2.17. The Bertz CT molecular complexity index is 500. The summed E-state index contributed by atoms with van der Waals surface area (Å²) in [5, 5.41) is 0. The molecule has 0 heterocycles. The smallest absolute Gasteiger partial charge is 0.163 e. The van der Waals surface area contributed by atoms with Crippen molar-refractivity contribution >= 4 is 5.78 Å². The van der Waals surface area contributed by atoms with Crippen LogP contribution in [0, 0.1) is 12.8 Å². The fourth-order valence-corrected chi connectivity index (χ4v) is 2.55. The standard InChI is InChI=1S/C17H22O2/c1-12-4-7-14(8-5-12)16(18)11-15-10-13(2)6-9-17(15)19-3/h6-7,9-10,12H,4-5,8,11H2,1-3H3. The highest BCUT2D eigenvalue weighted by atomic mass is 16.5. The molecule has 0 radical (unpaired) electrons. The molecule has 0 aliphatic heterocycles. The lowest BCUT2D eigenvalue weighted by atomic mass is 9.87. The third-order valence-corrected chi connectivity index (χ3v) is 3.82. The number of carbonyl (C=O) groups excluding carboxylic acids is 1. The minimum Gasteiger partial charge on any atom is -0.496 e. The van der Waals surface area contributed by atoms with Gasteiger partial charge in [0.15, 0.2) is 5.78 Å². The van der Waals surface area contributed by atoms with Crippen LogP contribution in [0.5, 0.6) is 5.75 Å². The number of ketones is 1. The largest absolute Gasteiger partial charge is 0.496 e. The Morgan fingerprint density at radius 2 is 2.21 bits per heavy atom. The van der Waals surface area contributed by atoms with E-state index in [9.17, 15) is 4.79 Å². The highest BCUT2D eigenvalue weighted by Gasteiger charge is 2.17. The van der Waals surface area contributed by atoms with Crippen molar-refractivity contribution in [2.45, 2.75) is 39.5 Å². The van der Waals surface area contributed by atoms with E-state index in [0.29, 0.717) is 12.3 Å². The average Bonchev–Trinajstić information content (AvgIpc) is 2.39. The molecule has 0 bridgehead atoms. The van der Waals surface area contributed by atoms with Crippen molar-refractivity contribution in [3.63, 3.8) is 0 Å². The zero-order chi connectivity index (χ0) is 13.8. The average molecular weight is 258 g/mol. The Hall–Kier alpha value is -1.57. The fourth-order valence-electron chi connectivity index (χ4n) is 2.55. The van der Waals surface area contributed by atoms with Crippen LogP contribution in [0.2, 0.25) is 0 Å². The number of rotatable bonds is 4. The third-order valence-electron chi connectivity index (χ3n) is 3.82. The van der Waals surface area contributed by atoms with Gasteiger partial charge in [0.05, 0.1) is 7.11 Å². The molecule has 2 nitrogen and oxygen atoms in total. The summed E-state index contributed by atoms with van der Waals surface area (Å²) in [6.07, 6.45) is 5.66. The molecule has 1 aliphatic rings. The van der Waals surface area contributed by atoms with E-state index >= 15 is 0 Å². The Morgan fingerprint density at radius 3 is 2.84 bits per heavy atom. The van der Waals surface area contributed by atoms with Gasteiger partial charge in [0.1, 0.15) is 5.75 Å². The Balaban J connectivity index is 2.13. The number of Topliss-reactive ketones (excluding diaryl/α,β-unsaturated/α-hetero) is 1. The highest BCUT2D eigenvalue weighted by Crippen LogP contribution is 2.26. The summed E-state index contributed by atoms with van der Waals surface area (Å²) in [4.78, 5) is 12.3. The van der Waals surface area contributed by atoms with Crippen LogP contribution in [-0.2, 0) is 11.2 Å². The second kappa shape index (κ2) is 6.05. The molecular weight excluding hydrogens is 236 g/mol. The first-order chi connectivity index (χ1) is 9.10. The molecule has 1 aliphatic carbocycles. The zero-order valence-electron chi connectivity index (χ0n) is 12.0. The van der Waals surface area contributed by atoms with E-state index in [1.165, 1.54) is 0 Å². The third kappa shape index (κ3) is 3.46. The maximum Gasteiger partial charge on any atom is 0.163 e. The molecule has 0 saturated heterocycles. The van der Waals surface area contributed by atoms with Gasteiger partial charge >= 0.3 is 0 Å². The van der Waals surface area contributed by atoms with Crippen molar-refractivity contribution < 1.29 is 9.53 Å². The van der Waals surface area contributed by atoms with Crippen LogP contribution in [0.3, 0.4) is 0 Å². The van der Waals surface area contributed by atoms with E-state index in [2.05, 4.69) is 13.0 Å². The van der Waals surface area contributed by atoms with Crippen molar-refractivity contribution in [3.8, 4) is 5.75 Å². The number of carbonyl (C=O) groups is 1. The van der Waals surface area contributed by atoms with E-state index in [1.807, 2.05) is 25.1 Å². The van der Waals surface area contributed by atoms with Gasteiger partial charge in [-0.2, -0.15) is 0 Å². The molecule has 2 rings (SSSR count). The van der Waals surface area contributed by atoms with Gasteiger partial charge in [-0.15, -0.1) is 0 Å². The predicted octanol–water partition coefficient (Wildman–Crippen LogP) is 3.86. The molecule has 0 saturated carbocycles. The summed E-state index contributed by atoms with van der Waals surface area (Å²) < 4.78 is 5.33. The van der Waals surface area contributed by atoms with E-state index in [-0.39, 0.29) is 5.78 Å². The quantitative estimate of drug-likeness (QED) is 0.819. The van der Waals surface area contributed by atoms with Gasteiger partial charge in [0.25, 0.3) is 0 Å². The fraction of sp³-hybridized carbons (Fsp3) is 0.471. The number of methoxy groups -OCH3 is 1. The van der Waals surface area contributed by atoms with Gasteiger partial charge in [-0.1, -0.05) is 30.7 Å². The molecule has 0 fully saturated rings. The minimum atomic E-state index is 0.246. The Morgan fingerprint density at radius 1 is 1.42 bits per heavy atom. The number of hydrogen-bond donors (Lipinski definition) is 0. The number of benzene rings is 1. The first kappa shape index (κ1) is 13.9. The van der Waals surface area contributed by atoms with Crippen molar-refractivity contribution in [3.05, 3.63) is 41.0 Å². The van der Waals surface area contributed by atoms with Crippen LogP contribution in [0.1, 0.15) is 37.3 Å². The molecule has 0 spiro atoms. The lowest BCUT2D eigenvalue weighted by molar-refractivity contribution is -0.115. The normalized spacial score (nSPS) is 18.9. The van der Waals surface area contributed by atoms with E-state index in [4.69, 9.17) is 4.74 Å². The minimum absolute atomic E-state index is 0.246. The SMILES string of the molecule is COc1ccc(C)cc1CC(=O)C1=CCC(C)CC1. The summed E-state index contributed by atoms with van der Waals surface area (Å²) >= 11 is 0. The van der Waals surface area contributed by atoms with E-state index < -0.39 is 0 Å². The van der Waals surface area contributed by atoms with E-state index in [0.717, 1.165) is 41.7 Å². The number of allylic oxidation sites excluding steroid dienone is 2. The number of ether oxygens (including phenoxy) is 1. The maximum atomic E-state index is 12.3. The van der Waals surface area contributed by atoms with Gasteiger partial charge in [-0.05, 0) is 43.7 Å². The second-order valence-electron chi connectivity index (χ2n) is 5.52. The molecule has 1 aromatic rings. The Labute approximate surface area is 115 Å². The molecular formula is C17H22O2. The van der Waals surface area contributed by atoms with Crippen LogP contribution in [0.25, 0.3) is 0 Å².